The van der Waals surface area contributed by atoms with E-state index in [-0.39, 0.29) is 17.9 Å². The number of carbonyl (C=O) groups excluding carboxylic acids is 2. The van der Waals surface area contributed by atoms with Crippen LogP contribution in [0.25, 0.3) is 0 Å². The molecule has 3 rings (SSSR count). The fourth-order valence-corrected chi connectivity index (χ4v) is 3.50. The van der Waals surface area contributed by atoms with Gasteiger partial charge >= 0.3 is 12.0 Å². The summed E-state index contributed by atoms with van der Waals surface area (Å²) in [7, 11) is 0. The van der Waals surface area contributed by atoms with Gasteiger partial charge in [-0.15, -0.1) is 0 Å². The summed E-state index contributed by atoms with van der Waals surface area (Å²) in [5, 5.41) is 16.2. The summed E-state index contributed by atoms with van der Waals surface area (Å²) in [4.78, 5) is 40.1. The number of hydrogen-bond donors (Lipinski definition) is 2. The number of carboxylic acid groups (broad SMARTS) is 1. The third kappa shape index (κ3) is 4.06. The quantitative estimate of drug-likeness (QED) is 0.828. The van der Waals surface area contributed by atoms with Gasteiger partial charge in [0.1, 0.15) is 0 Å². The van der Waals surface area contributed by atoms with E-state index < -0.39 is 11.5 Å². The highest BCUT2D eigenvalue weighted by Crippen LogP contribution is 2.22. The van der Waals surface area contributed by atoms with Gasteiger partial charge < -0.3 is 20.2 Å². The van der Waals surface area contributed by atoms with Crippen LogP contribution in [-0.2, 0) is 15.1 Å². The topological polar surface area (TPSA) is 108 Å². The summed E-state index contributed by atoms with van der Waals surface area (Å²) in [6.45, 7) is 5.75. The van der Waals surface area contributed by atoms with Crippen molar-refractivity contribution in [3.8, 4) is 0 Å². The normalized spacial score (nSPS) is 20.6. The van der Waals surface area contributed by atoms with E-state index in [2.05, 4.69) is 10.4 Å². The Morgan fingerprint density at radius 1 is 1.15 bits per heavy atom. The largest absolute Gasteiger partial charge is 0.479 e. The van der Waals surface area contributed by atoms with Crippen LogP contribution in [-0.4, -0.2) is 68.8 Å². The lowest BCUT2D eigenvalue weighted by Gasteiger charge is -2.34. The molecule has 2 saturated heterocycles. The molecule has 27 heavy (non-hydrogen) atoms. The van der Waals surface area contributed by atoms with Gasteiger partial charge in [-0.25, -0.2) is 9.59 Å². The van der Waals surface area contributed by atoms with Crippen molar-refractivity contribution in [1.29, 1.82) is 0 Å². The fourth-order valence-electron chi connectivity index (χ4n) is 3.50. The molecule has 9 nitrogen and oxygen atoms in total. The standard InChI is InChI=1S/C18H27N5O4/c1-18(2,16(25)26)23-11-7-14(20-23)19-15(24)13-6-5-10-22(12-13)17(27)21-8-3-4-9-21/h7,11,13H,3-6,8-10,12H2,1-2H3,(H,25,26)(H,19,20,24). The summed E-state index contributed by atoms with van der Waals surface area (Å²) in [5.41, 5.74) is -1.20. The Balaban J connectivity index is 1.60. The highest BCUT2D eigenvalue weighted by molar-refractivity contribution is 5.92. The zero-order valence-corrected chi connectivity index (χ0v) is 15.8. The van der Waals surface area contributed by atoms with E-state index in [1.54, 1.807) is 11.0 Å². The minimum atomic E-state index is -1.20. The second kappa shape index (κ2) is 7.58. The summed E-state index contributed by atoms with van der Waals surface area (Å²) in [5.74, 6) is -1.17. The average molecular weight is 377 g/mol. The number of hydrogen-bond acceptors (Lipinski definition) is 4. The van der Waals surface area contributed by atoms with Crippen LogP contribution in [0.2, 0.25) is 0 Å². The maximum Gasteiger partial charge on any atom is 0.331 e. The Hall–Kier alpha value is -2.58. The number of urea groups is 1. The lowest BCUT2D eigenvalue weighted by molar-refractivity contribution is -0.146. The average Bonchev–Trinajstić information content (AvgIpc) is 3.33. The SMILES string of the molecule is CC(C)(C(=O)O)n1ccc(NC(=O)C2CCCN(C(=O)N3CCCC3)C2)n1. The van der Waals surface area contributed by atoms with Crippen LogP contribution in [0, 0.1) is 5.92 Å². The smallest absolute Gasteiger partial charge is 0.331 e. The number of carboxylic acids is 1. The van der Waals surface area contributed by atoms with Crippen molar-refractivity contribution in [2.75, 3.05) is 31.5 Å². The number of nitrogens with one attached hydrogen (secondary N) is 1. The van der Waals surface area contributed by atoms with E-state index in [0.29, 0.717) is 18.9 Å². The molecule has 2 aliphatic heterocycles. The number of piperidine rings is 1. The molecule has 0 aliphatic carbocycles. The molecule has 2 N–H and O–H groups in total. The van der Waals surface area contributed by atoms with Crippen LogP contribution in [0.15, 0.2) is 12.3 Å². The van der Waals surface area contributed by atoms with Gasteiger partial charge in [-0.05, 0) is 39.5 Å². The first-order valence-electron chi connectivity index (χ1n) is 9.43. The van der Waals surface area contributed by atoms with E-state index >= 15 is 0 Å². The molecule has 148 valence electrons. The van der Waals surface area contributed by atoms with Gasteiger partial charge in [-0.2, -0.15) is 5.10 Å². The van der Waals surface area contributed by atoms with Gasteiger partial charge in [0.25, 0.3) is 0 Å². The number of aromatic nitrogens is 2. The summed E-state index contributed by atoms with van der Waals surface area (Å²) in [6, 6.07) is 1.61. The second-order valence-electron chi connectivity index (χ2n) is 7.76. The van der Waals surface area contributed by atoms with Crippen molar-refractivity contribution in [2.45, 2.75) is 45.1 Å². The van der Waals surface area contributed by atoms with E-state index in [9.17, 15) is 19.5 Å². The first-order valence-corrected chi connectivity index (χ1v) is 9.43. The molecule has 1 unspecified atom stereocenters. The minimum Gasteiger partial charge on any atom is -0.479 e. The number of nitrogens with zero attached hydrogens (tertiary/aromatic N) is 4. The highest BCUT2D eigenvalue weighted by atomic mass is 16.4. The second-order valence-corrected chi connectivity index (χ2v) is 7.76. The Labute approximate surface area is 158 Å². The van der Waals surface area contributed by atoms with E-state index in [4.69, 9.17) is 0 Å². The number of aliphatic carboxylic acids is 1. The third-order valence-electron chi connectivity index (χ3n) is 5.38. The lowest BCUT2D eigenvalue weighted by atomic mass is 9.97. The first-order chi connectivity index (χ1) is 12.8. The van der Waals surface area contributed by atoms with Crippen LogP contribution in [0.3, 0.4) is 0 Å². The molecule has 0 bridgehead atoms. The molecule has 0 spiro atoms. The number of anilines is 1. The highest BCUT2D eigenvalue weighted by Gasteiger charge is 2.33. The number of carbonyl (C=O) groups is 3. The summed E-state index contributed by atoms with van der Waals surface area (Å²) < 4.78 is 1.31. The van der Waals surface area contributed by atoms with Gasteiger partial charge in [0.05, 0.1) is 5.92 Å². The first kappa shape index (κ1) is 19.2. The molecule has 3 heterocycles. The van der Waals surface area contributed by atoms with Gasteiger partial charge in [0.2, 0.25) is 5.91 Å². The van der Waals surface area contributed by atoms with Crippen LogP contribution in [0.5, 0.6) is 0 Å². The molecule has 1 atom stereocenters. The molecule has 1 aromatic heterocycles. The van der Waals surface area contributed by atoms with E-state index in [1.165, 1.54) is 24.7 Å². The van der Waals surface area contributed by atoms with Crippen molar-refractivity contribution < 1.29 is 19.5 Å². The Morgan fingerprint density at radius 2 is 1.81 bits per heavy atom. The minimum absolute atomic E-state index is 0.0254. The maximum absolute atomic E-state index is 12.6. The lowest BCUT2D eigenvalue weighted by Crippen LogP contribution is -2.48. The molecule has 0 aromatic carbocycles. The van der Waals surface area contributed by atoms with Crippen molar-refractivity contribution in [1.82, 2.24) is 19.6 Å². The van der Waals surface area contributed by atoms with Crippen LogP contribution < -0.4 is 5.32 Å². The molecule has 0 saturated carbocycles. The Bertz CT molecular complexity index is 723. The van der Waals surface area contributed by atoms with Crippen molar-refractivity contribution in [3.63, 3.8) is 0 Å². The zero-order valence-electron chi connectivity index (χ0n) is 15.8. The molecule has 1 aromatic rings. The Morgan fingerprint density at radius 3 is 2.48 bits per heavy atom. The van der Waals surface area contributed by atoms with E-state index in [0.717, 1.165) is 38.8 Å². The summed E-state index contributed by atoms with van der Waals surface area (Å²) in [6.07, 6.45) is 5.13. The zero-order chi connectivity index (χ0) is 19.6. The summed E-state index contributed by atoms with van der Waals surface area (Å²) >= 11 is 0. The number of amides is 3. The molecule has 9 heteroatoms. The monoisotopic (exact) mass is 377 g/mol. The predicted octanol–water partition coefficient (Wildman–Crippen LogP) is 1.57. The van der Waals surface area contributed by atoms with Gasteiger partial charge in [-0.3, -0.25) is 9.48 Å². The van der Waals surface area contributed by atoms with Gasteiger partial charge in [-0.1, -0.05) is 0 Å². The van der Waals surface area contributed by atoms with Crippen molar-refractivity contribution in [2.24, 2.45) is 5.92 Å². The molecular formula is C18H27N5O4. The fraction of sp³-hybridized carbons (Fsp3) is 0.667. The van der Waals surface area contributed by atoms with Gasteiger partial charge in [0.15, 0.2) is 11.4 Å². The molecular weight excluding hydrogens is 350 g/mol. The van der Waals surface area contributed by atoms with Crippen LogP contribution >= 0.6 is 0 Å². The Kier molecular flexibility index (Phi) is 5.38. The van der Waals surface area contributed by atoms with Crippen molar-refractivity contribution in [3.05, 3.63) is 12.3 Å². The number of rotatable bonds is 4. The maximum atomic E-state index is 12.6. The van der Waals surface area contributed by atoms with Crippen LogP contribution in [0.1, 0.15) is 39.5 Å². The van der Waals surface area contributed by atoms with Gasteiger partial charge in [0, 0.05) is 38.4 Å². The van der Waals surface area contributed by atoms with Crippen molar-refractivity contribution >= 4 is 23.7 Å². The van der Waals surface area contributed by atoms with Crippen LogP contribution in [0.4, 0.5) is 10.6 Å². The molecule has 0 radical (unpaired) electrons. The molecule has 3 amide bonds. The molecule has 2 aliphatic rings. The third-order valence-corrected chi connectivity index (χ3v) is 5.38. The number of likely N-dealkylation sites (tertiary alicyclic amines) is 2. The van der Waals surface area contributed by atoms with E-state index in [1.807, 2.05) is 4.90 Å². The predicted molar refractivity (Wildman–Crippen MR) is 98.3 cm³/mol. The molecule has 2 fully saturated rings.